The van der Waals surface area contributed by atoms with E-state index in [-0.39, 0.29) is 0 Å². The summed E-state index contributed by atoms with van der Waals surface area (Å²) in [5.41, 5.74) is 0. The summed E-state index contributed by atoms with van der Waals surface area (Å²) in [6, 6.07) is 7.82. The predicted molar refractivity (Wildman–Crippen MR) is 78.6 cm³/mol. The molecule has 4 nitrogen and oxygen atoms in total. The maximum Gasteiger partial charge on any atom is 0.133 e. The Bertz CT molecular complexity index is 336. The van der Waals surface area contributed by atoms with Crippen LogP contribution in [0.3, 0.4) is 0 Å². The van der Waals surface area contributed by atoms with Crippen molar-refractivity contribution in [3.05, 3.63) is 28.7 Å². The predicted octanol–water partition coefficient (Wildman–Crippen LogP) is 1.44. The minimum absolute atomic E-state index is 0.576. The number of halogens is 1. The summed E-state index contributed by atoms with van der Waals surface area (Å²) in [6.45, 7) is 4.85. The van der Waals surface area contributed by atoms with E-state index >= 15 is 0 Å². The molecule has 0 aliphatic heterocycles. The van der Waals surface area contributed by atoms with Gasteiger partial charge in [-0.2, -0.15) is 0 Å². The highest BCUT2D eigenvalue weighted by molar-refractivity contribution is 9.10. The maximum atomic E-state index is 5.60. The Labute approximate surface area is 123 Å². The lowest BCUT2D eigenvalue weighted by molar-refractivity contribution is -0.656. The summed E-state index contributed by atoms with van der Waals surface area (Å²) in [5.74, 6) is 0.859. The van der Waals surface area contributed by atoms with Crippen LogP contribution in [-0.2, 0) is 9.47 Å². The van der Waals surface area contributed by atoms with Crippen molar-refractivity contribution in [2.24, 2.45) is 0 Å². The number of methoxy groups -OCH3 is 1. The van der Waals surface area contributed by atoms with Crippen LogP contribution in [0.1, 0.15) is 6.42 Å². The van der Waals surface area contributed by atoms with Crippen molar-refractivity contribution in [2.75, 3.05) is 46.6 Å². The van der Waals surface area contributed by atoms with Gasteiger partial charge in [0.25, 0.3) is 0 Å². The molecule has 19 heavy (non-hydrogen) atoms. The summed E-state index contributed by atoms with van der Waals surface area (Å²) < 4.78 is 17.1. The van der Waals surface area contributed by atoms with Gasteiger partial charge in [-0.1, -0.05) is 12.1 Å². The molecule has 1 aromatic rings. The zero-order chi connectivity index (χ0) is 13.8. The largest absolute Gasteiger partial charge is 0.490 e. The molecule has 5 heteroatoms. The van der Waals surface area contributed by atoms with Crippen LogP contribution in [0.25, 0.3) is 0 Å². The molecule has 1 aromatic carbocycles. The molecule has 0 aliphatic rings. The van der Waals surface area contributed by atoms with Gasteiger partial charge < -0.3 is 19.5 Å². The van der Waals surface area contributed by atoms with Gasteiger partial charge in [-0.15, -0.1) is 0 Å². The fraction of sp³-hybridized carbons (Fsp3) is 0.571. The molecule has 0 saturated heterocycles. The van der Waals surface area contributed by atoms with Gasteiger partial charge in [-0.3, -0.25) is 0 Å². The molecule has 0 unspecified atom stereocenters. The average Bonchev–Trinajstić information content (AvgIpc) is 2.43. The number of benzene rings is 1. The average molecular weight is 333 g/mol. The normalized spacial score (nSPS) is 10.6. The Balaban J connectivity index is 1.90. The molecule has 0 spiro atoms. The Kier molecular flexibility index (Phi) is 9.71. The minimum Gasteiger partial charge on any atom is -0.490 e. The zero-order valence-electron chi connectivity index (χ0n) is 11.4. The van der Waals surface area contributed by atoms with Crippen molar-refractivity contribution in [2.45, 2.75) is 6.42 Å². The van der Waals surface area contributed by atoms with E-state index in [1.807, 2.05) is 24.3 Å². The Hall–Kier alpha value is -0.620. The van der Waals surface area contributed by atoms with Crippen LogP contribution in [-0.4, -0.2) is 46.6 Å². The van der Waals surface area contributed by atoms with E-state index in [4.69, 9.17) is 14.2 Å². The van der Waals surface area contributed by atoms with Crippen LogP contribution in [0.15, 0.2) is 28.7 Å². The summed E-state index contributed by atoms with van der Waals surface area (Å²) in [5, 5.41) is 2.24. The van der Waals surface area contributed by atoms with Crippen molar-refractivity contribution >= 4 is 15.9 Å². The van der Waals surface area contributed by atoms with Crippen molar-refractivity contribution in [3.63, 3.8) is 0 Å². The Morgan fingerprint density at radius 3 is 2.68 bits per heavy atom. The summed E-state index contributed by atoms with van der Waals surface area (Å²) in [7, 11) is 1.73. The van der Waals surface area contributed by atoms with Gasteiger partial charge >= 0.3 is 0 Å². The molecule has 0 aliphatic carbocycles. The third-order valence-corrected chi connectivity index (χ3v) is 3.20. The van der Waals surface area contributed by atoms with E-state index < -0.39 is 0 Å². The topological polar surface area (TPSA) is 44.3 Å². The van der Waals surface area contributed by atoms with Crippen LogP contribution < -0.4 is 10.1 Å². The lowest BCUT2D eigenvalue weighted by Crippen LogP contribution is -2.85. The van der Waals surface area contributed by atoms with Gasteiger partial charge in [-0.05, 0) is 28.1 Å². The molecule has 0 amide bonds. The number of nitrogens with two attached hydrogens (primary N) is 1. The fourth-order valence-electron chi connectivity index (χ4n) is 1.56. The summed E-state index contributed by atoms with van der Waals surface area (Å²) >= 11 is 3.44. The van der Waals surface area contributed by atoms with Crippen molar-refractivity contribution in [1.82, 2.24) is 0 Å². The first-order valence-electron chi connectivity index (χ1n) is 6.60. The third kappa shape index (κ3) is 8.21. The van der Waals surface area contributed by atoms with E-state index in [1.165, 1.54) is 0 Å². The quantitative estimate of drug-likeness (QED) is 0.624. The van der Waals surface area contributed by atoms with Crippen LogP contribution in [0, 0.1) is 0 Å². The summed E-state index contributed by atoms with van der Waals surface area (Å²) in [6.07, 6.45) is 1.08. The monoisotopic (exact) mass is 332 g/mol. The van der Waals surface area contributed by atoms with Crippen LogP contribution in [0.4, 0.5) is 0 Å². The van der Waals surface area contributed by atoms with Gasteiger partial charge in [-0.25, -0.2) is 0 Å². The van der Waals surface area contributed by atoms with Crippen molar-refractivity contribution in [3.8, 4) is 5.75 Å². The minimum atomic E-state index is 0.576. The molecular weight excluding hydrogens is 310 g/mol. The number of hydrogen-bond donors (Lipinski definition) is 1. The second-order valence-electron chi connectivity index (χ2n) is 4.10. The van der Waals surface area contributed by atoms with Gasteiger partial charge in [0, 0.05) is 13.5 Å². The molecule has 0 heterocycles. The molecule has 0 saturated carbocycles. The smallest absolute Gasteiger partial charge is 0.133 e. The zero-order valence-corrected chi connectivity index (χ0v) is 13.0. The number of para-hydroxylation sites is 1. The van der Waals surface area contributed by atoms with Crippen LogP contribution >= 0.6 is 15.9 Å². The number of hydrogen-bond acceptors (Lipinski definition) is 3. The first-order chi connectivity index (χ1) is 9.34. The third-order valence-electron chi connectivity index (χ3n) is 2.54. The van der Waals surface area contributed by atoms with E-state index in [0.717, 1.165) is 42.9 Å². The molecule has 0 aromatic heterocycles. The first kappa shape index (κ1) is 16.4. The van der Waals surface area contributed by atoms with Gasteiger partial charge in [0.2, 0.25) is 0 Å². The molecule has 1 rings (SSSR count). The van der Waals surface area contributed by atoms with E-state index in [9.17, 15) is 0 Å². The van der Waals surface area contributed by atoms with E-state index in [0.29, 0.717) is 13.2 Å². The fourth-order valence-corrected chi connectivity index (χ4v) is 1.96. The highest BCUT2D eigenvalue weighted by atomic mass is 79.9. The number of quaternary nitrogens is 1. The highest BCUT2D eigenvalue weighted by Crippen LogP contribution is 2.23. The molecule has 0 bridgehead atoms. The van der Waals surface area contributed by atoms with Crippen LogP contribution in [0.2, 0.25) is 0 Å². The summed E-state index contributed by atoms with van der Waals surface area (Å²) in [4.78, 5) is 0. The lowest BCUT2D eigenvalue weighted by Gasteiger charge is -2.08. The standard InChI is InChI=1S/C14H22BrNO3/c1-17-9-4-7-16-8-10-18-11-12-19-14-6-3-2-5-13(14)15/h2-3,5-6,16H,4,7-12H2,1H3/p+1. The van der Waals surface area contributed by atoms with E-state index in [2.05, 4.69) is 21.2 Å². The Morgan fingerprint density at radius 2 is 1.89 bits per heavy atom. The SMILES string of the molecule is COCCC[NH2+]CCOCCOc1ccccc1Br. The molecule has 0 fully saturated rings. The highest BCUT2D eigenvalue weighted by Gasteiger charge is 1.98. The number of rotatable bonds is 11. The first-order valence-corrected chi connectivity index (χ1v) is 7.39. The van der Waals surface area contributed by atoms with Gasteiger partial charge in [0.15, 0.2) is 0 Å². The molecule has 108 valence electrons. The van der Waals surface area contributed by atoms with Gasteiger partial charge in [0.1, 0.15) is 12.4 Å². The molecule has 0 radical (unpaired) electrons. The Morgan fingerprint density at radius 1 is 1.05 bits per heavy atom. The maximum absolute atomic E-state index is 5.60. The molecular formula is C14H23BrNO3+. The molecule has 2 N–H and O–H groups in total. The van der Waals surface area contributed by atoms with Crippen molar-refractivity contribution in [1.29, 1.82) is 0 Å². The lowest BCUT2D eigenvalue weighted by atomic mass is 10.3. The second-order valence-corrected chi connectivity index (χ2v) is 4.96. The molecule has 0 atom stereocenters. The second kappa shape index (κ2) is 11.2. The van der Waals surface area contributed by atoms with Crippen LogP contribution in [0.5, 0.6) is 5.75 Å². The van der Waals surface area contributed by atoms with E-state index in [1.54, 1.807) is 7.11 Å². The number of ether oxygens (including phenoxy) is 3. The van der Waals surface area contributed by atoms with Gasteiger partial charge in [0.05, 0.1) is 37.4 Å². The van der Waals surface area contributed by atoms with Crippen molar-refractivity contribution < 1.29 is 19.5 Å².